The van der Waals surface area contributed by atoms with Crippen molar-refractivity contribution >= 4 is 27.6 Å². The van der Waals surface area contributed by atoms with Crippen LogP contribution in [0.1, 0.15) is 24.5 Å². The van der Waals surface area contributed by atoms with E-state index < -0.39 is 0 Å². The third kappa shape index (κ3) is 1.68. The van der Waals surface area contributed by atoms with Crippen LogP contribution in [0.5, 0.6) is 0 Å². The van der Waals surface area contributed by atoms with E-state index in [0.717, 1.165) is 0 Å². The Labute approximate surface area is 119 Å². The van der Waals surface area contributed by atoms with Crippen molar-refractivity contribution < 1.29 is 0 Å². The molecule has 0 heterocycles. The molecular formula is C20H18. The van der Waals surface area contributed by atoms with Gasteiger partial charge in [-0.2, -0.15) is 0 Å². The van der Waals surface area contributed by atoms with E-state index in [2.05, 4.69) is 67.6 Å². The molecule has 0 fully saturated rings. The predicted molar refractivity (Wildman–Crippen MR) is 88.0 cm³/mol. The van der Waals surface area contributed by atoms with Gasteiger partial charge in [0.25, 0.3) is 0 Å². The van der Waals surface area contributed by atoms with Crippen molar-refractivity contribution in [3.63, 3.8) is 0 Å². The number of rotatable bonds is 1. The fourth-order valence-electron chi connectivity index (χ4n) is 3.39. The van der Waals surface area contributed by atoms with Crippen molar-refractivity contribution in [3.8, 4) is 0 Å². The molecule has 0 nitrogen and oxygen atoms in total. The van der Waals surface area contributed by atoms with Gasteiger partial charge in [-0.15, -0.1) is 0 Å². The Kier molecular flexibility index (Phi) is 2.63. The van der Waals surface area contributed by atoms with E-state index >= 15 is 0 Å². The number of allylic oxidation sites excluding steroid dienone is 1. The molecule has 0 spiro atoms. The summed E-state index contributed by atoms with van der Waals surface area (Å²) in [5, 5.41) is 5.46. The lowest BCUT2D eigenvalue weighted by molar-refractivity contribution is 0.621. The molecule has 1 atom stereocenters. The van der Waals surface area contributed by atoms with E-state index in [1.54, 1.807) is 0 Å². The maximum Gasteiger partial charge on any atom is -0.00992 e. The van der Waals surface area contributed by atoms with Gasteiger partial charge in [0.05, 0.1) is 0 Å². The Hall–Kier alpha value is -2.08. The van der Waals surface area contributed by atoms with Crippen LogP contribution in [0.3, 0.4) is 0 Å². The quantitative estimate of drug-likeness (QED) is 0.499. The summed E-state index contributed by atoms with van der Waals surface area (Å²) in [5.41, 5.74) is 2.93. The molecule has 0 radical (unpaired) electrons. The summed E-state index contributed by atoms with van der Waals surface area (Å²) < 4.78 is 0. The summed E-state index contributed by atoms with van der Waals surface area (Å²) in [6, 6.07) is 17.8. The smallest absolute Gasteiger partial charge is 0.00992 e. The summed E-state index contributed by atoms with van der Waals surface area (Å²) in [6.45, 7) is 2.27. The zero-order valence-electron chi connectivity index (χ0n) is 11.8. The molecule has 3 aromatic rings. The van der Waals surface area contributed by atoms with Crippen LogP contribution in [0.4, 0.5) is 0 Å². The Balaban J connectivity index is 2.03. The van der Waals surface area contributed by atoms with Crippen molar-refractivity contribution in [1.29, 1.82) is 0 Å². The molecule has 1 aliphatic carbocycles. The third-order valence-corrected chi connectivity index (χ3v) is 4.60. The minimum Gasteiger partial charge on any atom is -0.0805 e. The molecule has 4 rings (SSSR count). The second kappa shape index (κ2) is 4.49. The molecule has 0 amide bonds. The number of hydrogen-bond acceptors (Lipinski definition) is 0. The SMILES string of the molecule is CCC1C=Cc2c(ccc3c2ccc2ccccc23)C1. The van der Waals surface area contributed by atoms with Gasteiger partial charge < -0.3 is 0 Å². The van der Waals surface area contributed by atoms with Crippen LogP contribution in [-0.4, -0.2) is 0 Å². The van der Waals surface area contributed by atoms with E-state index in [0.29, 0.717) is 5.92 Å². The van der Waals surface area contributed by atoms with Gasteiger partial charge in [-0.1, -0.05) is 67.6 Å². The molecule has 0 bridgehead atoms. The van der Waals surface area contributed by atoms with Crippen LogP contribution >= 0.6 is 0 Å². The number of hydrogen-bond donors (Lipinski definition) is 0. The summed E-state index contributed by atoms with van der Waals surface area (Å²) in [5.74, 6) is 0.709. The highest BCUT2D eigenvalue weighted by atomic mass is 14.2. The van der Waals surface area contributed by atoms with E-state index in [1.807, 2.05) is 0 Å². The minimum absolute atomic E-state index is 0.709. The zero-order valence-corrected chi connectivity index (χ0v) is 11.8. The average Bonchev–Trinajstić information content (AvgIpc) is 2.53. The fraction of sp³-hybridized carbons (Fsp3) is 0.200. The predicted octanol–water partition coefficient (Wildman–Crippen LogP) is 5.59. The average molecular weight is 258 g/mol. The maximum atomic E-state index is 2.39. The van der Waals surface area contributed by atoms with Gasteiger partial charge >= 0.3 is 0 Å². The molecular weight excluding hydrogens is 240 g/mol. The van der Waals surface area contributed by atoms with Gasteiger partial charge in [0.15, 0.2) is 0 Å². The lowest BCUT2D eigenvalue weighted by Crippen LogP contribution is -2.06. The van der Waals surface area contributed by atoms with E-state index in [4.69, 9.17) is 0 Å². The first-order valence-corrected chi connectivity index (χ1v) is 7.48. The van der Waals surface area contributed by atoms with Gasteiger partial charge in [-0.25, -0.2) is 0 Å². The molecule has 1 aliphatic rings. The highest BCUT2D eigenvalue weighted by molar-refractivity contribution is 6.10. The minimum atomic E-state index is 0.709. The summed E-state index contributed by atoms with van der Waals surface area (Å²) in [6.07, 6.45) is 7.14. The second-order valence-electron chi connectivity index (χ2n) is 5.75. The van der Waals surface area contributed by atoms with Gasteiger partial charge in [-0.3, -0.25) is 0 Å². The van der Waals surface area contributed by atoms with Crippen LogP contribution in [0.2, 0.25) is 0 Å². The van der Waals surface area contributed by atoms with Crippen molar-refractivity contribution in [2.75, 3.05) is 0 Å². The number of fused-ring (bicyclic) bond motifs is 5. The van der Waals surface area contributed by atoms with Crippen LogP contribution in [-0.2, 0) is 6.42 Å². The maximum absolute atomic E-state index is 2.39. The van der Waals surface area contributed by atoms with E-state index in [9.17, 15) is 0 Å². The van der Waals surface area contributed by atoms with Gasteiger partial charge in [0.1, 0.15) is 0 Å². The molecule has 0 saturated heterocycles. The largest absolute Gasteiger partial charge is 0.0805 e. The first-order valence-electron chi connectivity index (χ1n) is 7.48. The first-order chi connectivity index (χ1) is 9.86. The summed E-state index contributed by atoms with van der Waals surface area (Å²) in [7, 11) is 0. The lowest BCUT2D eigenvalue weighted by atomic mass is 9.85. The van der Waals surface area contributed by atoms with Crippen LogP contribution < -0.4 is 0 Å². The molecule has 0 heteroatoms. The monoisotopic (exact) mass is 258 g/mol. The molecule has 20 heavy (non-hydrogen) atoms. The third-order valence-electron chi connectivity index (χ3n) is 4.60. The topological polar surface area (TPSA) is 0 Å². The second-order valence-corrected chi connectivity index (χ2v) is 5.75. The first kappa shape index (κ1) is 11.7. The Morgan fingerprint density at radius 3 is 2.65 bits per heavy atom. The van der Waals surface area contributed by atoms with Gasteiger partial charge in [0, 0.05) is 0 Å². The van der Waals surface area contributed by atoms with Crippen molar-refractivity contribution in [1.82, 2.24) is 0 Å². The van der Waals surface area contributed by atoms with Crippen LogP contribution in [0.15, 0.2) is 54.6 Å². The Morgan fingerprint density at radius 2 is 1.75 bits per heavy atom. The Bertz CT molecular complexity index is 824. The molecule has 0 aliphatic heterocycles. The lowest BCUT2D eigenvalue weighted by Gasteiger charge is -2.20. The molecule has 0 saturated carbocycles. The Morgan fingerprint density at radius 1 is 0.900 bits per heavy atom. The standard InChI is InChI=1S/C20H18/c1-2-14-7-10-18-16(13-14)9-12-19-17-6-4-3-5-15(17)8-11-20(18)19/h3-12,14H,2,13H2,1H3. The number of benzene rings is 3. The molecule has 0 aromatic heterocycles. The molecule has 0 N–H and O–H groups in total. The van der Waals surface area contributed by atoms with E-state index in [1.165, 1.54) is 45.5 Å². The highest BCUT2D eigenvalue weighted by Crippen LogP contribution is 2.34. The summed E-state index contributed by atoms with van der Waals surface area (Å²) >= 11 is 0. The van der Waals surface area contributed by atoms with Crippen molar-refractivity contribution in [3.05, 3.63) is 65.7 Å². The highest BCUT2D eigenvalue weighted by Gasteiger charge is 2.14. The van der Waals surface area contributed by atoms with Crippen LogP contribution in [0.25, 0.3) is 27.6 Å². The van der Waals surface area contributed by atoms with Crippen LogP contribution in [0, 0.1) is 5.92 Å². The molecule has 3 aromatic carbocycles. The fourth-order valence-corrected chi connectivity index (χ4v) is 3.39. The van der Waals surface area contributed by atoms with Crippen molar-refractivity contribution in [2.45, 2.75) is 19.8 Å². The molecule has 98 valence electrons. The zero-order chi connectivity index (χ0) is 13.5. The van der Waals surface area contributed by atoms with Gasteiger partial charge in [-0.05, 0) is 51.4 Å². The van der Waals surface area contributed by atoms with Crippen molar-refractivity contribution in [2.24, 2.45) is 5.92 Å². The van der Waals surface area contributed by atoms with E-state index in [-0.39, 0.29) is 0 Å². The van der Waals surface area contributed by atoms with Gasteiger partial charge in [0.2, 0.25) is 0 Å². The normalized spacial score (nSPS) is 17.6. The summed E-state index contributed by atoms with van der Waals surface area (Å²) in [4.78, 5) is 0. The molecule has 1 unspecified atom stereocenters.